The third-order valence-electron chi connectivity index (χ3n) is 2.33. The van der Waals surface area contributed by atoms with E-state index in [-0.39, 0.29) is 0 Å². The normalized spacial score (nSPS) is 11.7. The Balaban J connectivity index is 1.98. The van der Waals surface area contributed by atoms with Gasteiger partial charge in [-0.1, -0.05) is 19.6 Å². The Bertz CT molecular complexity index is 589. The van der Waals surface area contributed by atoms with E-state index < -0.39 is 14.0 Å². The van der Waals surface area contributed by atoms with Crippen LogP contribution >= 0.6 is 23.1 Å². The molecule has 0 fully saturated rings. The summed E-state index contributed by atoms with van der Waals surface area (Å²) in [4.78, 5) is 19.2. The number of aromatic nitrogens is 2. The molecule has 0 spiro atoms. The number of thioether (sulfide) groups is 1. The predicted octanol–water partition coefficient (Wildman–Crippen LogP) is 2.07. The molecule has 0 aliphatic heterocycles. The second-order valence-electron chi connectivity index (χ2n) is 5.01. The molecule has 0 unspecified atom stereocenters. The summed E-state index contributed by atoms with van der Waals surface area (Å²) in [7, 11) is -1.44. The summed E-state index contributed by atoms with van der Waals surface area (Å²) >= 11 is 2.83. The van der Waals surface area contributed by atoms with Gasteiger partial charge in [0.1, 0.15) is 13.5 Å². The topological polar surface area (TPSA) is 82.0 Å². The molecule has 0 radical (unpaired) electrons. The molecular formula is C11H15N3O2S2Si. The lowest BCUT2D eigenvalue weighted by atomic mass is 10.7. The lowest BCUT2D eigenvalue weighted by Crippen LogP contribution is -2.36. The largest absolute Gasteiger partial charge is 0.450 e. The lowest BCUT2D eigenvalue weighted by Gasteiger charge is -2.09. The average Bonchev–Trinajstić information content (AvgIpc) is 2.95. The molecule has 0 bridgehead atoms. The van der Waals surface area contributed by atoms with Crippen LogP contribution in [0.15, 0.2) is 21.0 Å². The Morgan fingerprint density at radius 1 is 1.42 bits per heavy atom. The molecule has 0 aliphatic carbocycles. The molecule has 2 rings (SSSR count). The summed E-state index contributed by atoms with van der Waals surface area (Å²) in [6.07, 6.45) is 3.47. The van der Waals surface area contributed by atoms with Crippen LogP contribution in [0.3, 0.4) is 0 Å². The van der Waals surface area contributed by atoms with E-state index in [1.54, 1.807) is 18.0 Å². The van der Waals surface area contributed by atoms with Gasteiger partial charge in [0.15, 0.2) is 5.01 Å². The van der Waals surface area contributed by atoms with E-state index in [2.05, 4.69) is 29.6 Å². The minimum Gasteiger partial charge on any atom is -0.450 e. The summed E-state index contributed by atoms with van der Waals surface area (Å²) in [5.74, 6) is 0.843. The van der Waals surface area contributed by atoms with E-state index in [4.69, 9.17) is 10.2 Å². The van der Waals surface area contributed by atoms with Gasteiger partial charge in [-0.2, -0.15) is 0 Å². The molecule has 0 aliphatic rings. The summed E-state index contributed by atoms with van der Waals surface area (Å²) in [5.41, 5.74) is 5.16. The van der Waals surface area contributed by atoms with Gasteiger partial charge < -0.3 is 10.2 Å². The maximum absolute atomic E-state index is 10.9. The highest BCUT2D eigenvalue weighted by atomic mass is 32.2. The Morgan fingerprint density at radius 3 is 2.68 bits per heavy atom. The van der Waals surface area contributed by atoms with Gasteiger partial charge in [0.25, 0.3) is 5.91 Å². The maximum atomic E-state index is 10.9. The zero-order valence-electron chi connectivity index (χ0n) is 11.0. The van der Waals surface area contributed by atoms with Crippen LogP contribution in [-0.2, 0) is 5.75 Å². The van der Waals surface area contributed by atoms with Gasteiger partial charge in [0.2, 0.25) is 5.89 Å². The van der Waals surface area contributed by atoms with Crippen LogP contribution in [0, 0.1) is 0 Å². The zero-order valence-corrected chi connectivity index (χ0v) is 13.6. The van der Waals surface area contributed by atoms with Crippen molar-refractivity contribution in [3.63, 3.8) is 0 Å². The second-order valence-corrected chi connectivity index (χ2v) is 12.3. The molecule has 2 heterocycles. The molecule has 2 aromatic heterocycles. The molecule has 19 heavy (non-hydrogen) atoms. The van der Waals surface area contributed by atoms with Crippen LogP contribution in [0.2, 0.25) is 19.6 Å². The molecule has 0 saturated heterocycles. The van der Waals surface area contributed by atoms with Crippen molar-refractivity contribution in [2.75, 3.05) is 0 Å². The number of oxazole rings is 1. The SMILES string of the molecule is C[Si](C)(C)c1cnc(CSc2cnc(C(N)=O)s2)o1. The Kier molecular flexibility index (Phi) is 4.12. The molecular weight excluding hydrogens is 298 g/mol. The lowest BCUT2D eigenvalue weighted by molar-refractivity contribution is 0.1000. The van der Waals surface area contributed by atoms with Crippen LogP contribution < -0.4 is 11.1 Å². The van der Waals surface area contributed by atoms with E-state index in [1.807, 2.05) is 6.20 Å². The van der Waals surface area contributed by atoms with Crippen LogP contribution in [0.1, 0.15) is 15.7 Å². The van der Waals surface area contributed by atoms with Gasteiger partial charge in [-0.15, -0.1) is 23.1 Å². The van der Waals surface area contributed by atoms with Crippen LogP contribution in [0.5, 0.6) is 0 Å². The molecule has 1 amide bonds. The molecule has 5 nitrogen and oxygen atoms in total. The van der Waals surface area contributed by atoms with E-state index in [0.29, 0.717) is 16.7 Å². The number of thiazole rings is 1. The molecule has 2 N–H and O–H groups in total. The van der Waals surface area contributed by atoms with Crippen molar-refractivity contribution in [1.29, 1.82) is 0 Å². The van der Waals surface area contributed by atoms with E-state index in [1.165, 1.54) is 11.3 Å². The number of primary amides is 1. The molecule has 0 aromatic carbocycles. The minimum atomic E-state index is -1.44. The summed E-state index contributed by atoms with van der Waals surface area (Å²) in [6.45, 7) is 6.65. The first-order valence-electron chi connectivity index (χ1n) is 5.70. The van der Waals surface area contributed by atoms with Gasteiger partial charge >= 0.3 is 0 Å². The van der Waals surface area contributed by atoms with E-state index >= 15 is 0 Å². The highest BCUT2D eigenvalue weighted by Crippen LogP contribution is 2.27. The van der Waals surface area contributed by atoms with E-state index in [9.17, 15) is 4.79 Å². The molecule has 2 aromatic rings. The van der Waals surface area contributed by atoms with Gasteiger partial charge in [-0.25, -0.2) is 9.97 Å². The van der Waals surface area contributed by atoms with Crippen molar-refractivity contribution < 1.29 is 9.21 Å². The number of nitrogens with two attached hydrogens (primary N) is 1. The van der Waals surface area contributed by atoms with Gasteiger partial charge in [0, 0.05) is 0 Å². The zero-order chi connectivity index (χ0) is 14.0. The van der Waals surface area contributed by atoms with Crippen LogP contribution in [-0.4, -0.2) is 23.9 Å². The fourth-order valence-corrected chi connectivity index (χ4v) is 3.85. The number of nitrogens with zero attached hydrogens (tertiary/aromatic N) is 2. The van der Waals surface area contributed by atoms with Crippen molar-refractivity contribution in [3.05, 3.63) is 23.3 Å². The molecule has 102 valence electrons. The molecule has 0 atom stereocenters. The fourth-order valence-electron chi connectivity index (χ4n) is 1.30. The number of hydrogen-bond acceptors (Lipinski definition) is 6. The fraction of sp³-hybridized carbons (Fsp3) is 0.364. The third-order valence-corrected chi connectivity index (χ3v) is 6.23. The number of rotatable bonds is 5. The Morgan fingerprint density at radius 2 is 2.16 bits per heavy atom. The number of amides is 1. The van der Waals surface area contributed by atoms with Gasteiger partial charge in [-0.3, -0.25) is 4.79 Å². The summed E-state index contributed by atoms with van der Waals surface area (Å²) < 4.78 is 6.68. The maximum Gasteiger partial charge on any atom is 0.277 e. The highest BCUT2D eigenvalue weighted by molar-refractivity contribution is 8.00. The van der Waals surface area contributed by atoms with Crippen molar-refractivity contribution in [2.24, 2.45) is 5.73 Å². The van der Waals surface area contributed by atoms with Crippen LogP contribution in [0.25, 0.3) is 0 Å². The van der Waals surface area contributed by atoms with Crippen molar-refractivity contribution in [1.82, 2.24) is 9.97 Å². The van der Waals surface area contributed by atoms with Gasteiger partial charge in [-0.05, 0) is 0 Å². The van der Waals surface area contributed by atoms with Crippen LogP contribution in [0.4, 0.5) is 0 Å². The van der Waals surface area contributed by atoms with E-state index in [0.717, 1.165) is 9.59 Å². The summed E-state index contributed by atoms with van der Waals surface area (Å²) in [5, 5.41) is 1.34. The summed E-state index contributed by atoms with van der Waals surface area (Å²) in [6, 6.07) is 0. The highest BCUT2D eigenvalue weighted by Gasteiger charge is 2.21. The monoisotopic (exact) mass is 313 g/mol. The smallest absolute Gasteiger partial charge is 0.277 e. The first kappa shape index (κ1) is 14.3. The first-order chi connectivity index (χ1) is 8.86. The van der Waals surface area contributed by atoms with Crippen molar-refractivity contribution >= 4 is 42.5 Å². The second kappa shape index (κ2) is 5.47. The van der Waals surface area contributed by atoms with Crippen molar-refractivity contribution in [3.8, 4) is 0 Å². The Labute approximate surface area is 120 Å². The first-order valence-corrected chi connectivity index (χ1v) is 11.0. The minimum absolute atomic E-state index is 0.331. The number of hydrogen-bond donors (Lipinski definition) is 1. The molecule has 0 saturated carbocycles. The predicted molar refractivity (Wildman–Crippen MR) is 79.7 cm³/mol. The Hall–Kier alpha value is -1.12. The third kappa shape index (κ3) is 3.68. The standard InChI is InChI=1S/C11H15N3O2S2Si/c1-19(2,3)8-4-13-7(16-8)6-17-9-5-14-11(18-9)10(12)15/h4-5H,6H2,1-3H3,(H2,12,15). The van der Waals surface area contributed by atoms with Crippen molar-refractivity contribution in [2.45, 2.75) is 29.6 Å². The quantitative estimate of drug-likeness (QED) is 0.675. The average molecular weight is 313 g/mol. The molecule has 8 heteroatoms. The number of carbonyl (C=O) groups is 1. The van der Waals surface area contributed by atoms with Gasteiger partial charge in [0.05, 0.1) is 22.4 Å². The number of carbonyl (C=O) groups excluding carboxylic acids is 1.